The fraction of sp³-hybridized carbons (Fsp3) is 0.306. The molecule has 0 amide bonds. The van der Waals surface area contributed by atoms with Crippen molar-refractivity contribution in [3.63, 3.8) is 0 Å². The van der Waals surface area contributed by atoms with Crippen LogP contribution in [0.3, 0.4) is 0 Å². The number of hydrogen-bond acceptors (Lipinski definition) is 11. The first kappa shape index (κ1) is 31.1. The normalized spacial score (nSPS) is 13.7. The van der Waals surface area contributed by atoms with Crippen molar-refractivity contribution in [2.45, 2.75) is 19.5 Å². The number of aromatic amines is 1. The van der Waals surface area contributed by atoms with E-state index < -0.39 is 0 Å². The van der Waals surface area contributed by atoms with Crippen LogP contribution >= 0.6 is 0 Å². The lowest BCUT2D eigenvalue weighted by molar-refractivity contribution is 0.122. The van der Waals surface area contributed by atoms with Crippen LogP contribution in [0.2, 0.25) is 0 Å². The van der Waals surface area contributed by atoms with Gasteiger partial charge in [0.1, 0.15) is 23.1 Å². The molecule has 2 aromatic carbocycles. The number of pyridine rings is 1. The molecule has 1 fully saturated rings. The summed E-state index contributed by atoms with van der Waals surface area (Å²) in [5.41, 5.74) is 7.15. The standard InChI is InChI=1S/C36H39N9O3/c1-42(2)33-20-37-26(18-39-33)22-45(23-27-19-40-34(21-38-27)43(3)4)28-8-9-32-25(15-28)14-24-6-5-7-30(36(24)48-32)31-16-29(17-35(46)41-31)44-10-12-47-13-11-44/h5-9,15-21H,10-14,22-23H2,1-4H3,(H,41,46). The number of fused-ring (bicyclic) bond motifs is 2. The molecule has 2 aliphatic rings. The predicted octanol–water partition coefficient (Wildman–Crippen LogP) is 4.49. The van der Waals surface area contributed by atoms with Gasteiger partial charge in [0.15, 0.2) is 0 Å². The van der Waals surface area contributed by atoms with Gasteiger partial charge in [-0.15, -0.1) is 0 Å². The van der Waals surface area contributed by atoms with Crippen molar-refractivity contribution in [2.24, 2.45) is 0 Å². The fourth-order valence-electron chi connectivity index (χ4n) is 6.00. The van der Waals surface area contributed by atoms with Gasteiger partial charge in [0.2, 0.25) is 5.56 Å². The van der Waals surface area contributed by atoms with E-state index in [0.29, 0.717) is 32.7 Å². The molecule has 0 bridgehead atoms. The lowest BCUT2D eigenvalue weighted by atomic mass is 9.96. The molecule has 1 saturated heterocycles. The van der Waals surface area contributed by atoms with Gasteiger partial charge in [-0.1, -0.05) is 12.1 Å². The summed E-state index contributed by atoms with van der Waals surface area (Å²) in [6.45, 7) is 3.86. The van der Waals surface area contributed by atoms with E-state index in [0.717, 1.165) is 81.4 Å². The first-order chi connectivity index (χ1) is 23.3. The molecule has 2 aliphatic heterocycles. The van der Waals surface area contributed by atoms with Crippen LogP contribution in [0, 0.1) is 0 Å². The molecule has 246 valence electrons. The minimum Gasteiger partial charge on any atom is -0.456 e. The minimum atomic E-state index is -0.144. The second-order valence-electron chi connectivity index (χ2n) is 12.5. The number of morpholine rings is 1. The number of hydrogen-bond donors (Lipinski definition) is 1. The first-order valence-corrected chi connectivity index (χ1v) is 16.0. The van der Waals surface area contributed by atoms with Crippen molar-refractivity contribution in [3.8, 4) is 22.8 Å². The van der Waals surface area contributed by atoms with Crippen LogP contribution in [0.25, 0.3) is 11.3 Å². The molecule has 0 saturated carbocycles. The lowest BCUT2D eigenvalue weighted by Gasteiger charge is -2.29. The topological polar surface area (TPSA) is 116 Å². The smallest absolute Gasteiger partial charge is 0.250 e. The average molecular weight is 646 g/mol. The molecule has 7 rings (SSSR count). The van der Waals surface area contributed by atoms with Gasteiger partial charge in [-0.25, -0.2) is 9.97 Å². The van der Waals surface area contributed by atoms with Crippen LogP contribution in [-0.2, 0) is 24.2 Å². The highest BCUT2D eigenvalue weighted by Gasteiger charge is 2.24. The summed E-state index contributed by atoms with van der Waals surface area (Å²) < 4.78 is 12.1. The summed E-state index contributed by atoms with van der Waals surface area (Å²) in [6, 6.07) is 16.0. The number of nitrogens with one attached hydrogen (secondary N) is 1. The zero-order valence-corrected chi connectivity index (χ0v) is 27.7. The van der Waals surface area contributed by atoms with E-state index in [-0.39, 0.29) is 5.56 Å². The molecule has 0 radical (unpaired) electrons. The molecule has 0 atom stereocenters. The maximum absolute atomic E-state index is 12.8. The summed E-state index contributed by atoms with van der Waals surface area (Å²) in [7, 11) is 7.79. The maximum atomic E-state index is 12.8. The highest BCUT2D eigenvalue weighted by Crippen LogP contribution is 2.43. The molecule has 1 N–H and O–H groups in total. The molecule has 5 heterocycles. The van der Waals surface area contributed by atoms with E-state index in [1.54, 1.807) is 18.5 Å². The number of ether oxygens (including phenoxy) is 2. The van der Waals surface area contributed by atoms with Crippen LogP contribution in [0.4, 0.5) is 23.0 Å². The van der Waals surface area contributed by atoms with Crippen molar-refractivity contribution >= 4 is 23.0 Å². The third-order valence-electron chi connectivity index (χ3n) is 8.60. The number of benzene rings is 2. The number of nitrogens with zero attached hydrogens (tertiary/aromatic N) is 8. The molecule has 0 spiro atoms. The van der Waals surface area contributed by atoms with Gasteiger partial charge in [0, 0.05) is 76.3 Å². The number of aromatic nitrogens is 5. The van der Waals surface area contributed by atoms with Gasteiger partial charge in [-0.3, -0.25) is 14.8 Å². The average Bonchev–Trinajstić information content (AvgIpc) is 3.10. The second-order valence-corrected chi connectivity index (χ2v) is 12.5. The SMILES string of the molecule is CN(C)c1cnc(CN(Cc2cnc(N(C)C)cn2)c2ccc3c(c2)Cc2cccc(-c4cc(N5CCOCC5)cc(=O)[nH]4)c2O3)cn1. The van der Waals surface area contributed by atoms with Gasteiger partial charge in [-0.2, -0.15) is 0 Å². The number of rotatable bonds is 9. The third-order valence-corrected chi connectivity index (χ3v) is 8.60. The fourth-order valence-corrected chi connectivity index (χ4v) is 6.00. The summed E-state index contributed by atoms with van der Waals surface area (Å²) in [4.78, 5) is 42.6. The number of anilines is 4. The quantitative estimate of drug-likeness (QED) is 0.240. The van der Waals surface area contributed by atoms with Crippen molar-refractivity contribution in [2.75, 3.05) is 74.1 Å². The summed E-state index contributed by atoms with van der Waals surface area (Å²) in [5.74, 6) is 3.15. The largest absolute Gasteiger partial charge is 0.456 e. The molecule has 5 aromatic rings. The van der Waals surface area contributed by atoms with Crippen molar-refractivity contribution < 1.29 is 9.47 Å². The van der Waals surface area contributed by atoms with Crippen molar-refractivity contribution in [1.29, 1.82) is 0 Å². The Labute approximate surface area is 279 Å². The Hall–Kier alpha value is -5.49. The van der Waals surface area contributed by atoms with E-state index in [1.807, 2.05) is 74.6 Å². The lowest BCUT2D eigenvalue weighted by Crippen LogP contribution is -2.36. The van der Waals surface area contributed by atoms with Gasteiger partial charge in [0.05, 0.1) is 68.2 Å². The van der Waals surface area contributed by atoms with Gasteiger partial charge in [-0.05, 0) is 35.9 Å². The maximum Gasteiger partial charge on any atom is 0.250 e. The minimum absolute atomic E-state index is 0.144. The number of para-hydroxylation sites is 1. The first-order valence-electron chi connectivity index (χ1n) is 16.0. The summed E-state index contributed by atoms with van der Waals surface area (Å²) in [6.07, 6.45) is 7.90. The van der Waals surface area contributed by atoms with E-state index in [1.165, 1.54) is 0 Å². The van der Waals surface area contributed by atoms with Gasteiger partial charge < -0.3 is 34.1 Å². The van der Waals surface area contributed by atoms with Gasteiger partial charge >= 0.3 is 0 Å². The van der Waals surface area contributed by atoms with E-state index >= 15 is 0 Å². The molecule has 12 heteroatoms. The predicted molar refractivity (Wildman–Crippen MR) is 187 cm³/mol. The Morgan fingerprint density at radius 3 is 2.10 bits per heavy atom. The molecular formula is C36H39N9O3. The summed E-state index contributed by atoms with van der Waals surface area (Å²) >= 11 is 0. The summed E-state index contributed by atoms with van der Waals surface area (Å²) in [5, 5.41) is 0. The van der Waals surface area contributed by atoms with Crippen LogP contribution in [0.15, 0.2) is 78.1 Å². The number of H-pyrrole nitrogens is 1. The zero-order chi connectivity index (χ0) is 33.2. The van der Waals surface area contributed by atoms with E-state index in [4.69, 9.17) is 19.4 Å². The van der Waals surface area contributed by atoms with E-state index in [2.05, 4.69) is 43.0 Å². The monoisotopic (exact) mass is 645 g/mol. The van der Waals surface area contributed by atoms with Crippen molar-refractivity contribution in [3.05, 3.63) is 106 Å². The third kappa shape index (κ3) is 6.65. The van der Waals surface area contributed by atoms with Crippen LogP contribution in [0.1, 0.15) is 22.5 Å². The Morgan fingerprint density at radius 2 is 1.48 bits per heavy atom. The van der Waals surface area contributed by atoms with Crippen molar-refractivity contribution in [1.82, 2.24) is 24.9 Å². The molecule has 48 heavy (non-hydrogen) atoms. The van der Waals surface area contributed by atoms with E-state index in [9.17, 15) is 4.79 Å². The zero-order valence-electron chi connectivity index (χ0n) is 27.7. The highest BCUT2D eigenvalue weighted by molar-refractivity contribution is 5.74. The Bertz CT molecular complexity index is 1900. The van der Waals surface area contributed by atoms with Gasteiger partial charge in [0.25, 0.3) is 0 Å². The molecular weight excluding hydrogens is 606 g/mol. The Morgan fingerprint density at radius 1 is 0.792 bits per heavy atom. The molecule has 12 nitrogen and oxygen atoms in total. The Balaban J connectivity index is 1.18. The Kier molecular flexibility index (Phi) is 8.64. The second kappa shape index (κ2) is 13.3. The molecule has 3 aromatic heterocycles. The van der Waals surface area contributed by atoms with Crippen LogP contribution < -0.4 is 29.9 Å². The van der Waals surface area contributed by atoms with Crippen LogP contribution in [-0.4, -0.2) is 79.4 Å². The molecule has 0 unspecified atom stereocenters. The van der Waals surface area contributed by atoms with Crippen LogP contribution in [0.5, 0.6) is 11.5 Å². The molecule has 0 aliphatic carbocycles. The highest BCUT2D eigenvalue weighted by atomic mass is 16.5.